The Bertz CT molecular complexity index is 545. The average Bonchev–Trinajstić information content (AvgIpc) is 3.44. The molecule has 2 rings (SSSR count). The molecule has 140 valence electrons. The highest BCUT2D eigenvalue weighted by Gasteiger charge is 2.20. The molecule has 0 atom stereocenters. The lowest BCUT2D eigenvalue weighted by Crippen LogP contribution is -2.30. The number of hydrogen-bond donors (Lipinski definition) is 2. The van der Waals surface area contributed by atoms with Crippen LogP contribution >= 0.6 is 0 Å². The standard InChI is InChI=1S/C19H31N3O3/c1-4-20-19(21-11-6-12-24-14-15-7-8-15)22-16-9-10-17(25-5-2)18(13-16)23-3/h9-10,13,15H,4-8,11-12,14H2,1-3H3,(H2,20,21,22). The average molecular weight is 349 g/mol. The molecule has 0 unspecified atom stereocenters. The minimum Gasteiger partial charge on any atom is -0.493 e. The van der Waals surface area contributed by atoms with Crippen LogP contribution in [0.25, 0.3) is 0 Å². The van der Waals surface area contributed by atoms with Crippen molar-refractivity contribution in [3.05, 3.63) is 18.2 Å². The zero-order valence-electron chi connectivity index (χ0n) is 15.6. The molecule has 0 aliphatic heterocycles. The van der Waals surface area contributed by atoms with E-state index < -0.39 is 0 Å². The van der Waals surface area contributed by atoms with Gasteiger partial charge in [0.1, 0.15) is 0 Å². The van der Waals surface area contributed by atoms with Gasteiger partial charge in [0.25, 0.3) is 0 Å². The molecule has 0 bridgehead atoms. The van der Waals surface area contributed by atoms with Crippen LogP contribution in [0.2, 0.25) is 0 Å². The summed E-state index contributed by atoms with van der Waals surface area (Å²) in [6.07, 6.45) is 3.59. The Balaban J connectivity index is 1.84. The van der Waals surface area contributed by atoms with Gasteiger partial charge >= 0.3 is 0 Å². The van der Waals surface area contributed by atoms with Crippen molar-refractivity contribution in [2.24, 2.45) is 10.9 Å². The molecule has 1 aliphatic rings. The number of anilines is 1. The summed E-state index contributed by atoms with van der Waals surface area (Å²) in [6, 6.07) is 5.77. The minimum atomic E-state index is 0.607. The van der Waals surface area contributed by atoms with E-state index in [9.17, 15) is 0 Å². The number of benzene rings is 1. The van der Waals surface area contributed by atoms with Crippen molar-refractivity contribution in [1.29, 1.82) is 0 Å². The summed E-state index contributed by atoms with van der Waals surface area (Å²) in [5.74, 6) is 3.02. The van der Waals surface area contributed by atoms with E-state index in [0.29, 0.717) is 12.4 Å². The first-order valence-electron chi connectivity index (χ1n) is 9.20. The van der Waals surface area contributed by atoms with Crippen LogP contribution in [-0.4, -0.2) is 46.0 Å². The summed E-state index contributed by atoms with van der Waals surface area (Å²) < 4.78 is 16.6. The quantitative estimate of drug-likeness (QED) is 0.365. The summed E-state index contributed by atoms with van der Waals surface area (Å²) in [7, 11) is 1.64. The Kier molecular flexibility index (Phi) is 8.39. The molecule has 1 aromatic carbocycles. The predicted molar refractivity (Wildman–Crippen MR) is 102 cm³/mol. The van der Waals surface area contributed by atoms with E-state index in [4.69, 9.17) is 14.2 Å². The maximum Gasteiger partial charge on any atom is 0.195 e. The van der Waals surface area contributed by atoms with Gasteiger partial charge in [0.15, 0.2) is 17.5 Å². The predicted octanol–water partition coefficient (Wildman–Crippen LogP) is 3.29. The van der Waals surface area contributed by atoms with E-state index in [-0.39, 0.29) is 0 Å². The fraction of sp³-hybridized carbons (Fsp3) is 0.632. The Morgan fingerprint density at radius 2 is 2.08 bits per heavy atom. The summed E-state index contributed by atoms with van der Waals surface area (Å²) in [4.78, 5) is 4.60. The molecule has 1 saturated carbocycles. The van der Waals surface area contributed by atoms with Crippen molar-refractivity contribution in [1.82, 2.24) is 5.32 Å². The van der Waals surface area contributed by atoms with Crippen molar-refractivity contribution in [2.45, 2.75) is 33.1 Å². The molecule has 0 saturated heterocycles. The first kappa shape index (κ1) is 19.4. The fourth-order valence-electron chi connectivity index (χ4n) is 2.36. The molecule has 0 heterocycles. The lowest BCUT2D eigenvalue weighted by atomic mass is 10.2. The number of aliphatic imine (C=N–C) groups is 1. The van der Waals surface area contributed by atoms with Gasteiger partial charge in [0.05, 0.1) is 13.7 Å². The van der Waals surface area contributed by atoms with Crippen molar-refractivity contribution >= 4 is 11.6 Å². The monoisotopic (exact) mass is 349 g/mol. The summed E-state index contributed by atoms with van der Waals surface area (Å²) in [6.45, 7) is 7.83. The molecule has 6 heteroatoms. The van der Waals surface area contributed by atoms with Crippen molar-refractivity contribution < 1.29 is 14.2 Å². The second-order valence-corrected chi connectivity index (χ2v) is 6.06. The number of rotatable bonds is 11. The van der Waals surface area contributed by atoms with Crippen molar-refractivity contribution in [3.8, 4) is 11.5 Å². The molecule has 0 spiro atoms. The molecule has 0 radical (unpaired) electrons. The normalized spacial score (nSPS) is 14.3. The zero-order valence-corrected chi connectivity index (χ0v) is 15.6. The molecule has 1 aliphatic carbocycles. The highest BCUT2D eigenvalue weighted by Crippen LogP contribution is 2.30. The molecular weight excluding hydrogens is 318 g/mol. The number of ether oxygens (including phenoxy) is 3. The third kappa shape index (κ3) is 7.22. The van der Waals surface area contributed by atoms with E-state index in [0.717, 1.165) is 56.0 Å². The Morgan fingerprint density at radius 1 is 1.24 bits per heavy atom. The number of methoxy groups -OCH3 is 1. The van der Waals surface area contributed by atoms with Crippen LogP contribution in [0.5, 0.6) is 11.5 Å². The van der Waals surface area contributed by atoms with Gasteiger partial charge in [-0.2, -0.15) is 0 Å². The van der Waals surface area contributed by atoms with Gasteiger partial charge < -0.3 is 24.8 Å². The highest BCUT2D eigenvalue weighted by molar-refractivity contribution is 5.93. The second kappa shape index (κ2) is 10.8. The molecule has 0 amide bonds. The van der Waals surface area contributed by atoms with Crippen LogP contribution in [0.3, 0.4) is 0 Å². The Hall–Kier alpha value is -1.95. The third-order valence-corrected chi connectivity index (χ3v) is 3.84. The number of nitrogens with zero attached hydrogens (tertiary/aromatic N) is 1. The van der Waals surface area contributed by atoms with E-state index in [1.165, 1.54) is 12.8 Å². The lowest BCUT2D eigenvalue weighted by molar-refractivity contribution is 0.123. The molecule has 6 nitrogen and oxygen atoms in total. The fourth-order valence-corrected chi connectivity index (χ4v) is 2.36. The van der Waals surface area contributed by atoms with Crippen molar-refractivity contribution in [2.75, 3.05) is 45.3 Å². The van der Waals surface area contributed by atoms with Crippen LogP contribution in [0, 0.1) is 5.92 Å². The molecule has 0 aromatic heterocycles. The second-order valence-electron chi connectivity index (χ2n) is 6.06. The van der Waals surface area contributed by atoms with Gasteiger partial charge in [-0.05, 0) is 51.2 Å². The van der Waals surface area contributed by atoms with Gasteiger partial charge in [-0.25, -0.2) is 0 Å². The molecule has 1 fully saturated rings. The minimum absolute atomic E-state index is 0.607. The van der Waals surface area contributed by atoms with Gasteiger partial charge in [0.2, 0.25) is 0 Å². The van der Waals surface area contributed by atoms with Gasteiger partial charge in [-0.1, -0.05) is 0 Å². The molecule has 25 heavy (non-hydrogen) atoms. The maximum absolute atomic E-state index is 5.64. The van der Waals surface area contributed by atoms with E-state index >= 15 is 0 Å². The topological polar surface area (TPSA) is 64.1 Å². The van der Waals surface area contributed by atoms with Crippen molar-refractivity contribution in [3.63, 3.8) is 0 Å². The number of hydrogen-bond acceptors (Lipinski definition) is 4. The Labute approximate surface area is 151 Å². The van der Waals surface area contributed by atoms with E-state index in [2.05, 4.69) is 22.5 Å². The summed E-state index contributed by atoms with van der Waals surface area (Å²) in [5, 5.41) is 6.56. The van der Waals surface area contributed by atoms with Gasteiger partial charge in [0, 0.05) is 38.1 Å². The summed E-state index contributed by atoms with van der Waals surface area (Å²) >= 11 is 0. The SMILES string of the molecule is CCNC(=NCCCOCC1CC1)Nc1ccc(OCC)c(OC)c1. The first-order chi connectivity index (χ1) is 12.3. The molecule has 1 aromatic rings. The highest BCUT2D eigenvalue weighted by atomic mass is 16.5. The molecular formula is C19H31N3O3. The first-order valence-corrected chi connectivity index (χ1v) is 9.20. The smallest absolute Gasteiger partial charge is 0.195 e. The maximum atomic E-state index is 5.64. The van der Waals surface area contributed by atoms with Crippen LogP contribution in [0.4, 0.5) is 5.69 Å². The van der Waals surface area contributed by atoms with Crippen LogP contribution in [0.15, 0.2) is 23.2 Å². The van der Waals surface area contributed by atoms with Gasteiger partial charge in [-0.15, -0.1) is 0 Å². The zero-order chi connectivity index (χ0) is 17.9. The number of guanidine groups is 1. The van der Waals surface area contributed by atoms with E-state index in [1.54, 1.807) is 7.11 Å². The third-order valence-electron chi connectivity index (χ3n) is 3.84. The van der Waals surface area contributed by atoms with Crippen LogP contribution < -0.4 is 20.1 Å². The van der Waals surface area contributed by atoms with Gasteiger partial charge in [-0.3, -0.25) is 4.99 Å². The van der Waals surface area contributed by atoms with E-state index in [1.807, 2.05) is 25.1 Å². The van der Waals surface area contributed by atoms with Crippen LogP contribution in [-0.2, 0) is 4.74 Å². The molecule has 2 N–H and O–H groups in total. The number of nitrogens with one attached hydrogen (secondary N) is 2. The summed E-state index contributed by atoms with van der Waals surface area (Å²) in [5.41, 5.74) is 0.907. The Morgan fingerprint density at radius 3 is 2.76 bits per heavy atom. The lowest BCUT2D eigenvalue weighted by Gasteiger charge is -2.14. The van der Waals surface area contributed by atoms with Crippen LogP contribution in [0.1, 0.15) is 33.1 Å². The largest absolute Gasteiger partial charge is 0.493 e.